The van der Waals surface area contributed by atoms with E-state index in [1.807, 2.05) is 19.1 Å². The zero-order valence-corrected chi connectivity index (χ0v) is 11.4. The summed E-state index contributed by atoms with van der Waals surface area (Å²) >= 11 is 0. The summed E-state index contributed by atoms with van der Waals surface area (Å²) in [6, 6.07) is 8.12. The first-order valence-electron chi connectivity index (χ1n) is 6.06. The van der Waals surface area contributed by atoms with E-state index in [2.05, 4.69) is 44.6 Å². The van der Waals surface area contributed by atoms with Gasteiger partial charge in [-0.3, -0.25) is 0 Å². The summed E-state index contributed by atoms with van der Waals surface area (Å²) in [6.45, 7) is 9.08. The van der Waals surface area contributed by atoms with Crippen LogP contribution in [0, 0.1) is 0 Å². The topological polar surface area (TPSA) is 12.5 Å². The Morgan fingerprint density at radius 3 is 2.35 bits per heavy atom. The van der Waals surface area contributed by atoms with E-state index < -0.39 is 0 Å². The lowest BCUT2D eigenvalue weighted by atomic mass is 10.1. The van der Waals surface area contributed by atoms with Crippen molar-refractivity contribution < 1.29 is 4.74 Å². The Kier molecular flexibility index (Phi) is 5.23. The maximum absolute atomic E-state index is 5.84. The molecule has 0 aromatic heterocycles. The lowest BCUT2D eigenvalue weighted by Gasteiger charge is -2.17. The second kappa shape index (κ2) is 6.45. The first kappa shape index (κ1) is 13.8. The number of hydrogen-bond acceptors (Lipinski definition) is 2. The molecule has 2 heteroatoms. The van der Waals surface area contributed by atoms with Gasteiger partial charge in [-0.05, 0) is 52.1 Å². The van der Waals surface area contributed by atoms with E-state index in [0.717, 1.165) is 24.3 Å². The van der Waals surface area contributed by atoms with Crippen LogP contribution in [0.2, 0.25) is 0 Å². The van der Waals surface area contributed by atoms with Crippen molar-refractivity contribution in [3.8, 4) is 5.75 Å². The molecular weight excluding hydrogens is 210 g/mol. The molecule has 1 rings (SSSR count). The molecule has 17 heavy (non-hydrogen) atoms. The SMILES string of the molecule is C=C(C)c1ccc(OC(C)CCN(C)C)cc1. The van der Waals surface area contributed by atoms with Gasteiger partial charge in [0.2, 0.25) is 0 Å². The predicted molar refractivity (Wildman–Crippen MR) is 74.4 cm³/mol. The van der Waals surface area contributed by atoms with Crippen molar-refractivity contribution in [1.82, 2.24) is 4.90 Å². The Balaban J connectivity index is 2.48. The van der Waals surface area contributed by atoms with Crippen LogP contribution in [-0.4, -0.2) is 31.6 Å². The summed E-state index contributed by atoms with van der Waals surface area (Å²) in [7, 11) is 4.16. The van der Waals surface area contributed by atoms with Gasteiger partial charge in [0, 0.05) is 6.54 Å². The molecule has 0 saturated heterocycles. The molecule has 1 aromatic carbocycles. The summed E-state index contributed by atoms with van der Waals surface area (Å²) in [5, 5.41) is 0. The number of benzene rings is 1. The van der Waals surface area contributed by atoms with Gasteiger partial charge in [0.05, 0.1) is 6.10 Å². The molecule has 94 valence electrons. The second-order valence-corrected chi connectivity index (χ2v) is 4.83. The number of allylic oxidation sites excluding steroid dienone is 1. The van der Waals surface area contributed by atoms with Crippen LogP contribution in [0.15, 0.2) is 30.8 Å². The highest BCUT2D eigenvalue weighted by molar-refractivity contribution is 5.61. The standard InChI is InChI=1S/C15H23NO/c1-12(2)14-6-8-15(9-7-14)17-13(3)10-11-16(4)5/h6-9,13H,1,10-11H2,2-5H3. The molecule has 0 saturated carbocycles. The Hall–Kier alpha value is -1.28. The Morgan fingerprint density at radius 1 is 1.29 bits per heavy atom. The fraction of sp³-hybridized carbons (Fsp3) is 0.467. The first-order chi connectivity index (χ1) is 7.99. The Labute approximate surface area is 105 Å². The van der Waals surface area contributed by atoms with E-state index >= 15 is 0 Å². The largest absolute Gasteiger partial charge is 0.491 e. The molecule has 1 atom stereocenters. The van der Waals surface area contributed by atoms with Crippen LogP contribution in [0.3, 0.4) is 0 Å². The van der Waals surface area contributed by atoms with E-state index in [9.17, 15) is 0 Å². The predicted octanol–water partition coefficient (Wildman–Crippen LogP) is 3.44. The van der Waals surface area contributed by atoms with Gasteiger partial charge in [0.15, 0.2) is 0 Å². The molecule has 0 spiro atoms. The normalized spacial score (nSPS) is 12.5. The van der Waals surface area contributed by atoms with Crippen molar-refractivity contribution in [2.75, 3.05) is 20.6 Å². The molecular formula is C15H23NO. The quantitative estimate of drug-likeness (QED) is 0.746. The average Bonchev–Trinajstić information content (AvgIpc) is 2.27. The van der Waals surface area contributed by atoms with Crippen molar-refractivity contribution in [2.24, 2.45) is 0 Å². The molecule has 0 fully saturated rings. The van der Waals surface area contributed by atoms with Crippen molar-refractivity contribution >= 4 is 5.57 Å². The molecule has 2 nitrogen and oxygen atoms in total. The van der Waals surface area contributed by atoms with Gasteiger partial charge in [-0.25, -0.2) is 0 Å². The van der Waals surface area contributed by atoms with Gasteiger partial charge in [-0.15, -0.1) is 0 Å². The van der Waals surface area contributed by atoms with Gasteiger partial charge in [-0.1, -0.05) is 24.3 Å². The molecule has 0 amide bonds. The summed E-state index contributed by atoms with van der Waals surface area (Å²) < 4.78 is 5.84. The molecule has 0 N–H and O–H groups in total. The molecule has 0 aliphatic heterocycles. The first-order valence-corrected chi connectivity index (χ1v) is 6.06. The van der Waals surface area contributed by atoms with Crippen LogP contribution >= 0.6 is 0 Å². The van der Waals surface area contributed by atoms with Crippen LogP contribution in [0.5, 0.6) is 5.75 Å². The lowest BCUT2D eigenvalue weighted by Crippen LogP contribution is -2.21. The van der Waals surface area contributed by atoms with Gasteiger partial charge in [0.25, 0.3) is 0 Å². The zero-order valence-electron chi connectivity index (χ0n) is 11.4. The minimum absolute atomic E-state index is 0.244. The molecule has 0 radical (unpaired) electrons. The average molecular weight is 233 g/mol. The van der Waals surface area contributed by atoms with Crippen LogP contribution in [0.25, 0.3) is 5.57 Å². The Bertz CT molecular complexity index is 354. The van der Waals surface area contributed by atoms with E-state index in [1.165, 1.54) is 5.56 Å². The molecule has 0 heterocycles. The van der Waals surface area contributed by atoms with E-state index in [4.69, 9.17) is 4.74 Å². The molecule has 0 aliphatic carbocycles. The Morgan fingerprint density at radius 2 is 1.88 bits per heavy atom. The van der Waals surface area contributed by atoms with E-state index in [1.54, 1.807) is 0 Å². The third kappa shape index (κ3) is 5.05. The fourth-order valence-corrected chi connectivity index (χ4v) is 1.55. The molecule has 1 aromatic rings. The van der Waals surface area contributed by atoms with Crippen molar-refractivity contribution in [1.29, 1.82) is 0 Å². The molecule has 0 aliphatic rings. The maximum atomic E-state index is 5.84. The highest BCUT2D eigenvalue weighted by atomic mass is 16.5. The van der Waals surface area contributed by atoms with E-state index in [-0.39, 0.29) is 6.10 Å². The van der Waals surface area contributed by atoms with Crippen molar-refractivity contribution in [3.05, 3.63) is 36.4 Å². The van der Waals surface area contributed by atoms with Crippen LogP contribution in [-0.2, 0) is 0 Å². The number of nitrogens with zero attached hydrogens (tertiary/aromatic N) is 1. The summed E-state index contributed by atoms with van der Waals surface area (Å²) in [6.07, 6.45) is 1.28. The van der Waals surface area contributed by atoms with Gasteiger partial charge < -0.3 is 9.64 Å². The molecule has 0 bridgehead atoms. The lowest BCUT2D eigenvalue weighted by molar-refractivity contribution is 0.194. The van der Waals surface area contributed by atoms with Crippen LogP contribution < -0.4 is 4.74 Å². The summed E-state index contributed by atoms with van der Waals surface area (Å²) in [4.78, 5) is 2.17. The van der Waals surface area contributed by atoms with Crippen LogP contribution in [0.4, 0.5) is 0 Å². The fourth-order valence-electron chi connectivity index (χ4n) is 1.55. The molecule has 1 unspecified atom stereocenters. The summed E-state index contributed by atoms with van der Waals surface area (Å²) in [5.74, 6) is 0.932. The smallest absolute Gasteiger partial charge is 0.119 e. The minimum atomic E-state index is 0.244. The number of rotatable bonds is 6. The number of ether oxygens (including phenoxy) is 1. The third-order valence-electron chi connectivity index (χ3n) is 2.67. The highest BCUT2D eigenvalue weighted by Crippen LogP contribution is 2.18. The van der Waals surface area contributed by atoms with Gasteiger partial charge in [-0.2, -0.15) is 0 Å². The minimum Gasteiger partial charge on any atom is -0.491 e. The summed E-state index contributed by atoms with van der Waals surface area (Å²) in [5.41, 5.74) is 2.25. The van der Waals surface area contributed by atoms with Gasteiger partial charge >= 0.3 is 0 Å². The second-order valence-electron chi connectivity index (χ2n) is 4.83. The zero-order chi connectivity index (χ0) is 12.8. The monoisotopic (exact) mass is 233 g/mol. The number of hydrogen-bond donors (Lipinski definition) is 0. The highest BCUT2D eigenvalue weighted by Gasteiger charge is 2.04. The van der Waals surface area contributed by atoms with Crippen molar-refractivity contribution in [3.63, 3.8) is 0 Å². The van der Waals surface area contributed by atoms with Crippen LogP contribution in [0.1, 0.15) is 25.8 Å². The van der Waals surface area contributed by atoms with Gasteiger partial charge in [0.1, 0.15) is 5.75 Å². The van der Waals surface area contributed by atoms with E-state index in [0.29, 0.717) is 0 Å². The van der Waals surface area contributed by atoms with Crippen molar-refractivity contribution in [2.45, 2.75) is 26.4 Å². The maximum Gasteiger partial charge on any atom is 0.119 e. The third-order valence-corrected chi connectivity index (χ3v) is 2.67.